The first-order chi connectivity index (χ1) is 10.3. The number of rotatable bonds is 5. The third-order valence-electron chi connectivity index (χ3n) is 3.80. The van der Waals surface area contributed by atoms with Crippen LogP contribution in [0.5, 0.6) is 0 Å². The zero-order valence-corrected chi connectivity index (χ0v) is 12.2. The van der Waals surface area contributed by atoms with E-state index in [-0.39, 0.29) is 5.78 Å². The summed E-state index contributed by atoms with van der Waals surface area (Å²) in [6.07, 6.45) is 2.58. The van der Waals surface area contributed by atoms with Crippen molar-refractivity contribution in [3.8, 4) is 11.3 Å². The number of para-hydroxylation sites is 1. The minimum atomic E-state index is 0.230. The summed E-state index contributed by atoms with van der Waals surface area (Å²) in [4.78, 5) is 16.1. The molecule has 3 aromatic rings. The maximum absolute atomic E-state index is 12.7. The number of ketones is 1. The van der Waals surface area contributed by atoms with Gasteiger partial charge in [0.1, 0.15) is 0 Å². The van der Waals surface area contributed by atoms with Crippen molar-refractivity contribution in [1.29, 1.82) is 0 Å². The molecule has 1 aromatic heterocycles. The second-order valence-corrected chi connectivity index (χ2v) is 5.31. The van der Waals surface area contributed by atoms with E-state index in [1.807, 2.05) is 54.6 Å². The Labute approximate surface area is 124 Å². The van der Waals surface area contributed by atoms with E-state index in [2.05, 4.69) is 11.9 Å². The van der Waals surface area contributed by atoms with Gasteiger partial charge in [-0.15, -0.1) is 0 Å². The Morgan fingerprint density at radius 1 is 1.00 bits per heavy atom. The molecule has 0 amide bonds. The lowest BCUT2D eigenvalue weighted by Gasteiger charge is -2.04. The summed E-state index contributed by atoms with van der Waals surface area (Å²) in [5.74, 6) is 0.230. The van der Waals surface area contributed by atoms with Crippen LogP contribution in [0.15, 0.2) is 54.6 Å². The molecule has 0 aliphatic rings. The van der Waals surface area contributed by atoms with Gasteiger partial charge in [0.25, 0.3) is 0 Å². The number of unbranched alkanes of at least 4 members (excludes halogenated alkanes) is 1. The van der Waals surface area contributed by atoms with E-state index in [9.17, 15) is 4.79 Å². The largest absolute Gasteiger partial charge is 0.354 e. The normalized spacial score (nSPS) is 10.9. The zero-order chi connectivity index (χ0) is 14.7. The van der Waals surface area contributed by atoms with Crippen molar-refractivity contribution in [1.82, 2.24) is 4.98 Å². The van der Waals surface area contributed by atoms with Gasteiger partial charge in [-0.25, -0.2) is 0 Å². The number of nitrogens with one attached hydrogen (secondary N) is 1. The van der Waals surface area contributed by atoms with Crippen molar-refractivity contribution < 1.29 is 4.79 Å². The molecule has 0 fully saturated rings. The second-order valence-electron chi connectivity index (χ2n) is 5.31. The number of carbonyl (C=O) groups is 1. The topological polar surface area (TPSA) is 32.9 Å². The van der Waals surface area contributed by atoms with Crippen molar-refractivity contribution in [3.63, 3.8) is 0 Å². The number of hydrogen-bond donors (Lipinski definition) is 1. The van der Waals surface area contributed by atoms with Gasteiger partial charge in [0.2, 0.25) is 0 Å². The van der Waals surface area contributed by atoms with Gasteiger partial charge in [0.05, 0.1) is 11.3 Å². The van der Waals surface area contributed by atoms with Gasteiger partial charge in [0.15, 0.2) is 5.78 Å². The molecular weight excluding hydrogens is 258 g/mol. The van der Waals surface area contributed by atoms with E-state index < -0.39 is 0 Å². The van der Waals surface area contributed by atoms with Gasteiger partial charge in [-0.1, -0.05) is 61.9 Å². The average molecular weight is 277 g/mol. The van der Waals surface area contributed by atoms with Crippen molar-refractivity contribution >= 4 is 16.7 Å². The Bertz CT molecular complexity index is 756. The molecule has 0 aliphatic carbocycles. The van der Waals surface area contributed by atoms with Crippen LogP contribution < -0.4 is 0 Å². The standard InChI is InChI=1S/C19H19NO/c1-2-3-13-17(21)18-15-11-7-8-12-16(15)20-19(18)14-9-5-4-6-10-14/h4-12,20H,2-3,13H2,1H3. The smallest absolute Gasteiger partial charge is 0.165 e. The van der Waals surface area contributed by atoms with Gasteiger partial charge < -0.3 is 4.98 Å². The highest BCUT2D eigenvalue weighted by atomic mass is 16.1. The maximum atomic E-state index is 12.7. The van der Waals surface area contributed by atoms with Gasteiger partial charge in [-0.2, -0.15) is 0 Å². The number of benzene rings is 2. The van der Waals surface area contributed by atoms with Crippen LogP contribution in [0.1, 0.15) is 36.5 Å². The summed E-state index contributed by atoms with van der Waals surface area (Å²) < 4.78 is 0. The Balaban J connectivity index is 2.17. The molecule has 0 bridgehead atoms. The second kappa shape index (κ2) is 5.96. The highest BCUT2D eigenvalue weighted by molar-refractivity contribution is 6.13. The molecule has 0 radical (unpaired) electrons. The van der Waals surface area contributed by atoms with Gasteiger partial charge >= 0.3 is 0 Å². The molecule has 1 heterocycles. The molecule has 0 spiro atoms. The predicted molar refractivity (Wildman–Crippen MR) is 87.6 cm³/mol. The highest BCUT2D eigenvalue weighted by Crippen LogP contribution is 2.31. The summed E-state index contributed by atoms with van der Waals surface area (Å²) in [7, 11) is 0. The molecule has 0 atom stereocenters. The van der Waals surface area contributed by atoms with Crippen LogP contribution in [0, 0.1) is 0 Å². The van der Waals surface area contributed by atoms with Gasteiger partial charge in [0, 0.05) is 17.3 Å². The SMILES string of the molecule is CCCCC(=O)c1c(-c2ccccc2)[nH]c2ccccc12. The van der Waals surface area contributed by atoms with Crippen LogP contribution in [0.25, 0.3) is 22.2 Å². The van der Waals surface area contributed by atoms with Gasteiger partial charge in [-0.3, -0.25) is 4.79 Å². The first-order valence-electron chi connectivity index (χ1n) is 7.50. The van der Waals surface area contributed by atoms with Crippen LogP contribution in [0.2, 0.25) is 0 Å². The molecule has 0 unspecified atom stereocenters. The van der Waals surface area contributed by atoms with E-state index in [0.29, 0.717) is 6.42 Å². The number of aromatic amines is 1. The Morgan fingerprint density at radius 3 is 2.48 bits per heavy atom. The molecule has 0 aliphatic heterocycles. The molecule has 2 heteroatoms. The van der Waals surface area contributed by atoms with Crippen LogP contribution >= 0.6 is 0 Å². The molecule has 0 saturated carbocycles. The molecule has 2 aromatic carbocycles. The van der Waals surface area contributed by atoms with Crippen LogP contribution in [0.3, 0.4) is 0 Å². The Kier molecular flexibility index (Phi) is 3.87. The molecule has 106 valence electrons. The number of hydrogen-bond acceptors (Lipinski definition) is 1. The maximum Gasteiger partial charge on any atom is 0.165 e. The molecule has 21 heavy (non-hydrogen) atoms. The monoisotopic (exact) mass is 277 g/mol. The van der Waals surface area contributed by atoms with Crippen molar-refractivity contribution in [2.45, 2.75) is 26.2 Å². The predicted octanol–water partition coefficient (Wildman–Crippen LogP) is 5.21. The summed E-state index contributed by atoms with van der Waals surface area (Å²) in [6.45, 7) is 2.11. The van der Waals surface area contributed by atoms with Crippen LogP contribution in [-0.2, 0) is 0 Å². The van der Waals surface area contributed by atoms with E-state index >= 15 is 0 Å². The van der Waals surface area contributed by atoms with Crippen molar-refractivity contribution in [2.75, 3.05) is 0 Å². The van der Waals surface area contributed by atoms with E-state index in [0.717, 1.165) is 40.6 Å². The third kappa shape index (κ3) is 2.62. The highest BCUT2D eigenvalue weighted by Gasteiger charge is 2.18. The summed E-state index contributed by atoms with van der Waals surface area (Å²) in [5.41, 5.74) is 3.87. The number of carbonyl (C=O) groups excluding carboxylic acids is 1. The van der Waals surface area contributed by atoms with Crippen molar-refractivity contribution in [3.05, 3.63) is 60.2 Å². The first kappa shape index (κ1) is 13.6. The van der Waals surface area contributed by atoms with Crippen LogP contribution in [-0.4, -0.2) is 10.8 Å². The Hall–Kier alpha value is -2.35. The quantitative estimate of drug-likeness (QED) is 0.638. The summed E-state index contributed by atoms with van der Waals surface area (Å²) in [5, 5.41) is 1.03. The fourth-order valence-electron chi connectivity index (χ4n) is 2.72. The lowest BCUT2D eigenvalue weighted by Crippen LogP contribution is -2.00. The fourth-order valence-corrected chi connectivity index (χ4v) is 2.72. The third-order valence-corrected chi connectivity index (χ3v) is 3.80. The van der Waals surface area contributed by atoms with Crippen LogP contribution in [0.4, 0.5) is 0 Å². The number of aromatic nitrogens is 1. The zero-order valence-electron chi connectivity index (χ0n) is 12.2. The van der Waals surface area contributed by atoms with Crippen molar-refractivity contribution in [2.24, 2.45) is 0 Å². The minimum absolute atomic E-state index is 0.230. The van der Waals surface area contributed by atoms with E-state index in [1.54, 1.807) is 0 Å². The fraction of sp³-hybridized carbons (Fsp3) is 0.211. The number of H-pyrrole nitrogens is 1. The van der Waals surface area contributed by atoms with Gasteiger partial charge in [-0.05, 0) is 18.1 Å². The minimum Gasteiger partial charge on any atom is -0.354 e. The lowest BCUT2D eigenvalue weighted by atomic mass is 9.99. The number of Topliss-reactive ketones (excluding diaryl/α,β-unsaturated/α-hetero) is 1. The molecule has 3 rings (SSSR count). The van der Waals surface area contributed by atoms with E-state index in [1.165, 1.54) is 0 Å². The molecular formula is C19H19NO. The summed E-state index contributed by atoms with van der Waals surface area (Å²) in [6, 6.07) is 18.1. The summed E-state index contributed by atoms with van der Waals surface area (Å²) >= 11 is 0. The van der Waals surface area contributed by atoms with E-state index in [4.69, 9.17) is 0 Å². The first-order valence-corrected chi connectivity index (χ1v) is 7.50. The Morgan fingerprint density at radius 2 is 1.71 bits per heavy atom. The lowest BCUT2D eigenvalue weighted by molar-refractivity contribution is 0.0982. The number of fused-ring (bicyclic) bond motifs is 1. The average Bonchev–Trinajstić information content (AvgIpc) is 2.93. The molecule has 2 nitrogen and oxygen atoms in total. The molecule has 0 saturated heterocycles. The molecule has 1 N–H and O–H groups in total.